The van der Waals surface area contributed by atoms with Gasteiger partial charge in [0.15, 0.2) is 0 Å². The Balaban J connectivity index is 1.81. The summed E-state index contributed by atoms with van der Waals surface area (Å²) in [6.45, 7) is 1.27. The largest absolute Gasteiger partial charge is 0.388 e. The topological polar surface area (TPSA) is 52.7 Å². The first-order valence-electron chi connectivity index (χ1n) is 6.68. The summed E-state index contributed by atoms with van der Waals surface area (Å²) >= 11 is 2.04. The number of hydrogen-bond acceptors (Lipinski definition) is 3. The average Bonchev–Trinajstić information content (AvgIpc) is 2.78. The molecule has 20 heavy (non-hydrogen) atoms. The van der Waals surface area contributed by atoms with Gasteiger partial charge in [0.1, 0.15) is 0 Å². The third-order valence-corrected chi connectivity index (χ3v) is 4.93. The molecular weight excluding hydrogens is 369 g/mol. The highest BCUT2D eigenvalue weighted by Gasteiger charge is 2.36. The van der Waals surface area contributed by atoms with E-state index in [2.05, 4.69) is 5.32 Å². The zero-order valence-electron chi connectivity index (χ0n) is 11.2. The fourth-order valence-electron chi connectivity index (χ4n) is 2.84. The molecule has 2 amide bonds. The van der Waals surface area contributed by atoms with Crippen LogP contribution in [0.1, 0.15) is 28.8 Å². The van der Waals surface area contributed by atoms with Crippen LogP contribution in [0.3, 0.4) is 0 Å². The normalized spacial score (nSPS) is 22.2. The molecule has 5 nitrogen and oxygen atoms in total. The molecule has 106 valence electrons. The molecule has 2 heterocycles. The second-order valence-electron chi connectivity index (χ2n) is 5.19. The van der Waals surface area contributed by atoms with Gasteiger partial charge in [-0.3, -0.25) is 12.7 Å². The predicted molar refractivity (Wildman–Crippen MR) is 84.6 cm³/mol. The molecule has 0 saturated carbocycles. The van der Waals surface area contributed by atoms with Crippen molar-refractivity contribution in [1.29, 1.82) is 0 Å². The first-order valence-corrected chi connectivity index (χ1v) is 7.64. The van der Waals surface area contributed by atoms with Crippen LogP contribution in [0, 0.1) is 0 Å². The van der Waals surface area contributed by atoms with Crippen molar-refractivity contribution in [3.05, 3.63) is 29.3 Å². The molecule has 1 aromatic carbocycles. The molecule has 0 aliphatic carbocycles. The molecule has 1 atom stereocenters. The molecule has 1 saturated heterocycles. The number of piperidine rings is 1. The quantitative estimate of drug-likeness (QED) is 0.626. The summed E-state index contributed by atoms with van der Waals surface area (Å²) in [7, 11) is 1.87. The second kappa shape index (κ2) is 5.23. The van der Waals surface area contributed by atoms with Crippen LogP contribution >= 0.6 is 22.9 Å². The summed E-state index contributed by atoms with van der Waals surface area (Å²) in [6, 6.07) is 5.97. The monoisotopic (exact) mass is 385 g/mol. The number of carbonyl (C=O) groups excluding carboxylic acids is 2. The number of benzene rings is 1. The summed E-state index contributed by atoms with van der Waals surface area (Å²) < 4.78 is 1.70. The summed E-state index contributed by atoms with van der Waals surface area (Å²) in [5.41, 5.74) is 2.88. The fourth-order valence-corrected chi connectivity index (χ4v) is 3.53. The highest BCUT2D eigenvalue weighted by atomic mass is 127. The van der Waals surface area contributed by atoms with Crippen LogP contribution in [0.25, 0.3) is 0 Å². The lowest BCUT2D eigenvalue weighted by Gasteiger charge is -2.34. The van der Waals surface area contributed by atoms with Gasteiger partial charge in [0, 0.05) is 31.3 Å². The molecule has 6 heteroatoms. The van der Waals surface area contributed by atoms with E-state index in [0.29, 0.717) is 19.5 Å². The lowest BCUT2D eigenvalue weighted by molar-refractivity contribution is -0.127. The molecule has 2 aliphatic rings. The van der Waals surface area contributed by atoms with Crippen molar-refractivity contribution in [2.45, 2.75) is 25.4 Å². The van der Waals surface area contributed by atoms with Gasteiger partial charge in [-0.25, -0.2) is 0 Å². The molecule has 0 radical (unpaired) electrons. The van der Waals surface area contributed by atoms with Crippen molar-refractivity contribution >= 4 is 40.4 Å². The van der Waals surface area contributed by atoms with E-state index in [0.717, 1.165) is 23.2 Å². The number of hydrogen-bond donors (Lipinski definition) is 1. The Morgan fingerprint density at radius 2 is 2.15 bits per heavy atom. The van der Waals surface area contributed by atoms with E-state index in [-0.39, 0.29) is 17.9 Å². The van der Waals surface area contributed by atoms with Crippen molar-refractivity contribution in [2.75, 3.05) is 18.9 Å². The number of anilines is 1. The lowest BCUT2D eigenvalue weighted by Crippen LogP contribution is -2.46. The maximum atomic E-state index is 12.5. The molecule has 0 spiro atoms. The maximum Gasteiger partial charge on any atom is 0.254 e. The zero-order chi connectivity index (χ0) is 14.3. The standard InChI is InChI=1S/C14H16IN3O2/c1-16-10-2-4-12-9(6-10)7-17(14(12)20)11-3-5-13(19)18(15)8-11/h2,4,6,11,16H,3,5,7-8H2,1H3. The summed E-state index contributed by atoms with van der Waals surface area (Å²) in [5.74, 6) is 0.246. The first kappa shape index (κ1) is 13.7. The van der Waals surface area contributed by atoms with Gasteiger partial charge in [-0.2, -0.15) is 0 Å². The van der Waals surface area contributed by atoms with Crippen molar-refractivity contribution in [2.24, 2.45) is 0 Å². The Kier molecular flexibility index (Phi) is 3.57. The van der Waals surface area contributed by atoms with Crippen LogP contribution < -0.4 is 5.32 Å². The van der Waals surface area contributed by atoms with Gasteiger partial charge in [0.2, 0.25) is 5.91 Å². The van der Waals surface area contributed by atoms with E-state index in [4.69, 9.17) is 0 Å². The smallest absolute Gasteiger partial charge is 0.254 e. The summed E-state index contributed by atoms with van der Waals surface area (Å²) in [6.07, 6.45) is 1.28. The Morgan fingerprint density at radius 3 is 2.85 bits per heavy atom. The minimum atomic E-state index is 0.0896. The molecule has 1 N–H and O–H groups in total. The fraction of sp³-hybridized carbons (Fsp3) is 0.429. The predicted octanol–water partition coefficient (Wildman–Crippen LogP) is 2.03. The summed E-state index contributed by atoms with van der Waals surface area (Å²) in [5, 5.41) is 3.09. The number of nitrogens with one attached hydrogen (secondary N) is 1. The number of fused-ring (bicyclic) bond motifs is 1. The maximum absolute atomic E-state index is 12.5. The van der Waals surface area contributed by atoms with Crippen LogP contribution in [0.4, 0.5) is 5.69 Å². The van der Waals surface area contributed by atoms with Gasteiger partial charge < -0.3 is 10.2 Å². The molecule has 3 rings (SSSR count). The number of halogens is 1. The first-order chi connectivity index (χ1) is 9.60. The van der Waals surface area contributed by atoms with Crippen LogP contribution in [-0.2, 0) is 11.3 Å². The number of rotatable bonds is 2. The van der Waals surface area contributed by atoms with Crippen molar-refractivity contribution in [3.8, 4) is 0 Å². The highest BCUT2D eigenvalue weighted by molar-refractivity contribution is 14.1. The molecule has 0 aromatic heterocycles. The Labute approximate surface area is 131 Å². The highest BCUT2D eigenvalue weighted by Crippen LogP contribution is 2.30. The Morgan fingerprint density at radius 1 is 1.35 bits per heavy atom. The van der Waals surface area contributed by atoms with E-state index >= 15 is 0 Å². The molecule has 2 aliphatic heterocycles. The van der Waals surface area contributed by atoms with Crippen LogP contribution in [0.5, 0.6) is 0 Å². The summed E-state index contributed by atoms with van der Waals surface area (Å²) in [4.78, 5) is 25.9. The SMILES string of the molecule is CNc1ccc2c(c1)CN(C1CCC(=O)N(I)C1)C2=O. The van der Waals surface area contributed by atoms with Crippen LogP contribution in [0.2, 0.25) is 0 Å². The van der Waals surface area contributed by atoms with Gasteiger partial charge in [-0.05, 0) is 30.2 Å². The Bertz CT molecular complexity index is 576. The van der Waals surface area contributed by atoms with Gasteiger partial charge in [0.25, 0.3) is 5.91 Å². The van der Waals surface area contributed by atoms with E-state index in [9.17, 15) is 9.59 Å². The number of nitrogens with zero attached hydrogens (tertiary/aromatic N) is 2. The molecule has 0 bridgehead atoms. The van der Waals surface area contributed by atoms with Crippen LogP contribution in [0.15, 0.2) is 18.2 Å². The van der Waals surface area contributed by atoms with Crippen molar-refractivity contribution in [1.82, 2.24) is 8.01 Å². The van der Waals surface area contributed by atoms with Crippen molar-refractivity contribution in [3.63, 3.8) is 0 Å². The molecular formula is C14H16IN3O2. The van der Waals surface area contributed by atoms with E-state index < -0.39 is 0 Å². The van der Waals surface area contributed by atoms with Gasteiger partial charge >= 0.3 is 0 Å². The average molecular weight is 385 g/mol. The van der Waals surface area contributed by atoms with E-state index in [1.807, 2.05) is 53.0 Å². The van der Waals surface area contributed by atoms with E-state index in [1.54, 1.807) is 3.11 Å². The van der Waals surface area contributed by atoms with Crippen LogP contribution in [-0.4, -0.2) is 39.5 Å². The third kappa shape index (κ3) is 2.25. The minimum Gasteiger partial charge on any atom is -0.388 e. The van der Waals surface area contributed by atoms with Gasteiger partial charge in [-0.15, -0.1) is 0 Å². The zero-order valence-corrected chi connectivity index (χ0v) is 13.4. The lowest BCUT2D eigenvalue weighted by atomic mass is 10.1. The van der Waals surface area contributed by atoms with E-state index in [1.165, 1.54) is 0 Å². The third-order valence-electron chi connectivity index (χ3n) is 4.00. The number of amides is 2. The van der Waals surface area contributed by atoms with Gasteiger partial charge in [-0.1, -0.05) is 0 Å². The second-order valence-corrected chi connectivity index (χ2v) is 6.35. The molecule has 1 unspecified atom stereocenters. The molecule has 1 aromatic rings. The van der Waals surface area contributed by atoms with Gasteiger partial charge in [0.05, 0.1) is 35.5 Å². The van der Waals surface area contributed by atoms with Crippen molar-refractivity contribution < 1.29 is 9.59 Å². The molecule has 1 fully saturated rings. The minimum absolute atomic E-state index is 0.0896. The Hall–Kier alpha value is -1.31. The number of carbonyl (C=O) groups is 2.